The van der Waals surface area contributed by atoms with E-state index in [-0.39, 0.29) is 29.4 Å². The van der Waals surface area contributed by atoms with E-state index in [1.165, 1.54) is 24.3 Å². The number of hydrogen-bond donors (Lipinski definition) is 2. The molecule has 0 aliphatic heterocycles. The minimum Gasteiger partial charge on any atom is -0.351 e. The first-order valence-electron chi connectivity index (χ1n) is 9.78. The molecule has 1 atom stereocenters. The smallest absolute Gasteiger partial charge is 0.269 e. The minimum absolute atomic E-state index is 0.0448. The molecule has 1 unspecified atom stereocenters. The highest BCUT2D eigenvalue weighted by Crippen LogP contribution is 2.26. The molecule has 0 aliphatic rings. The molecule has 2 N–H and O–H groups in total. The van der Waals surface area contributed by atoms with Crippen LogP contribution in [0.3, 0.4) is 0 Å². The van der Waals surface area contributed by atoms with Crippen molar-refractivity contribution in [1.29, 1.82) is 0 Å². The molecule has 0 bridgehead atoms. The highest BCUT2D eigenvalue weighted by atomic mass is 127. The molecule has 3 rings (SSSR count). The zero-order valence-corrected chi connectivity index (χ0v) is 20.6. The van der Waals surface area contributed by atoms with Crippen LogP contribution in [0.4, 0.5) is 20.2 Å². The molecule has 8 nitrogen and oxygen atoms in total. The summed E-state index contributed by atoms with van der Waals surface area (Å²) in [5.41, 5.74) is 0.512. The van der Waals surface area contributed by atoms with E-state index >= 15 is 0 Å². The maximum Gasteiger partial charge on any atom is 0.269 e. The fourth-order valence-electron chi connectivity index (χ4n) is 3.12. The Bertz CT molecular complexity index is 1330. The number of non-ortho nitro benzene ring substituents is 1. The van der Waals surface area contributed by atoms with Crippen LogP contribution in [0.25, 0.3) is 0 Å². The van der Waals surface area contributed by atoms with Crippen molar-refractivity contribution in [3.8, 4) is 0 Å². The molecule has 0 aromatic heterocycles. The van der Waals surface area contributed by atoms with Gasteiger partial charge in [0.05, 0.1) is 16.2 Å². The number of carbonyl (C=O) groups excluding carboxylic acids is 1. The van der Waals surface area contributed by atoms with E-state index in [1.807, 2.05) is 22.6 Å². The minimum atomic E-state index is -4.67. The Labute approximate surface area is 207 Å². The summed E-state index contributed by atoms with van der Waals surface area (Å²) < 4.78 is 56.2. The van der Waals surface area contributed by atoms with Crippen molar-refractivity contribution in [1.82, 2.24) is 5.32 Å². The number of anilines is 1. The highest BCUT2D eigenvalue weighted by Gasteiger charge is 2.26. The van der Waals surface area contributed by atoms with Crippen molar-refractivity contribution in [3.63, 3.8) is 0 Å². The molecule has 0 aliphatic carbocycles. The Morgan fingerprint density at radius 2 is 1.71 bits per heavy atom. The molecule has 0 saturated heterocycles. The Morgan fingerprint density at radius 1 is 1.09 bits per heavy atom. The van der Waals surface area contributed by atoms with Crippen molar-refractivity contribution in [2.45, 2.75) is 17.7 Å². The van der Waals surface area contributed by atoms with Gasteiger partial charge >= 0.3 is 0 Å². The number of hydrogen-bond acceptors (Lipinski definition) is 5. The van der Waals surface area contributed by atoms with Gasteiger partial charge in [0, 0.05) is 22.2 Å². The summed E-state index contributed by atoms with van der Waals surface area (Å²) in [6, 6.07) is 12.9. The number of nitro benzene ring substituents is 1. The van der Waals surface area contributed by atoms with Gasteiger partial charge < -0.3 is 5.32 Å². The van der Waals surface area contributed by atoms with Crippen LogP contribution in [-0.2, 0) is 10.0 Å². The first-order valence-corrected chi connectivity index (χ1v) is 12.3. The molecular formula is C22H18F2IN3O5S. The number of nitrogens with zero attached hydrogens (tertiary/aromatic N) is 1. The van der Waals surface area contributed by atoms with E-state index in [4.69, 9.17) is 0 Å². The maximum atomic E-state index is 14.0. The molecule has 12 heteroatoms. The predicted octanol–water partition coefficient (Wildman–Crippen LogP) is 4.81. The van der Waals surface area contributed by atoms with Crippen LogP contribution in [0.2, 0.25) is 0 Å². The van der Waals surface area contributed by atoms with Crippen molar-refractivity contribution in [2.24, 2.45) is 0 Å². The molecular weight excluding hydrogens is 583 g/mol. The SMILES string of the molecule is CC(CNC(=O)c1ccc(I)cc1NS(=O)(=O)c1c(F)cccc1F)c1ccc([N+](=O)[O-])cc1. The van der Waals surface area contributed by atoms with Crippen LogP contribution in [-0.4, -0.2) is 25.8 Å². The number of halogens is 3. The summed E-state index contributed by atoms with van der Waals surface area (Å²) in [6.07, 6.45) is 0. The third-order valence-corrected chi connectivity index (χ3v) is 6.99. The average Bonchev–Trinajstić information content (AvgIpc) is 2.76. The van der Waals surface area contributed by atoms with E-state index in [2.05, 4.69) is 10.0 Å². The summed E-state index contributed by atoms with van der Waals surface area (Å²) in [5.74, 6) is -3.35. The predicted molar refractivity (Wildman–Crippen MR) is 130 cm³/mol. The summed E-state index contributed by atoms with van der Waals surface area (Å²) in [5, 5.41) is 13.5. The first kappa shape index (κ1) is 25.5. The zero-order valence-electron chi connectivity index (χ0n) is 17.6. The van der Waals surface area contributed by atoms with E-state index in [0.29, 0.717) is 3.57 Å². The highest BCUT2D eigenvalue weighted by molar-refractivity contribution is 14.1. The lowest BCUT2D eigenvalue weighted by molar-refractivity contribution is -0.384. The van der Waals surface area contributed by atoms with Crippen LogP contribution in [0.5, 0.6) is 0 Å². The Kier molecular flexibility index (Phi) is 7.82. The Balaban J connectivity index is 1.80. The van der Waals surface area contributed by atoms with Gasteiger partial charge in [-0.15, -0.1) is 0 Å². The third-order valence-electron chi connectivity index (χ3n) is 4.90. The van der Waals surface area contributed by atoms with E-state index in [1.54, 1.807) is 25.1 Å². The molecule has 0 fully saturated rings. The van der Waals surface area contributed by atoms with Gasteiger partial charge in [-0.2, -0.15) is 0 Å². The fraction of sp³-hybridized carbons (Fsp3) is 0.136. The van der Waals surface area contributed by atoms with Gasteiger partial charge in [0.1, 0.15) is 11.6 Å². The average molecular weight is 601 g/mol. The Hall–Kier alpha value is -3.13. The van der Waals surface area contributed by atoms with Crippen LogP contribution in [0.15, 0.2) is 65.6 Å². The molecule has 0 heterocycles. The normalized spacial score (nSPS) is 12.1. The number of carbonyl (C=O) groups is 1. The van der Waals surface area contributed by atoms with E-state index in [9.17, 15) is 32.1 Å². The van der Waals surface area contributed by atoms with E-state index < -0.39 is 37.4 Å². The largest absolute Gasteiger partial charge is 0.351 e. The van der Waals surface area contributed by atoms with Crippen LogP contribution < -0.4 is 10.0 Å². The zero-order chi connectivity index (χ0) is 25.0. The first-order chi connectivity index (χ1) is 16.0. The Morgan fingerprint density at radius 3 is 2.29 bits per heavy atom. The van der Waals surface area contributed by atoms with Crippen molar-refractivity contribution >= 4 is 49.9 Å². The summed E-state index contributed by atoms with van der Waals surface area (Å²) >= 11 is 1.91. The summed E-state index contributed by atoms with van der Waals surface area (Å²) in [6.45, 7) is 1.96. The van der Waals surface area contributed by atoms with Gasteiger partial charge in [-0.3, -0.25) is 19.6 Å². The topological polar surface area (TPSA) is 118 Å². The number of nitro groups is 1. The van der Waals surface area contributed by atoms with Crippen molar-refractivity contribution < 1.29 is 26.9 Å². The number of amides is 1. The lowest BCUT2D eigenvalue weighted by Crippen LogP contribution is -2.29. The second kappa shape index (κ2) is 10.4. The molecule has 3 aromatic carbocycles. The monoisotopic (exact) mass is 601 g/mol. The quantitative estimate of drug-likeness (QED) is 0.218. The molecule has 1 amide bonds. The van der Waals surface area contributed by atoms with Crippen LogP contribution in [0, 0.1) is 25.3 Å². The maximum absolute atomic E-state index is 14.0. The second-order valence-corrected chi connectivity index (χ2v) is 10.2. The molecule has 34 heavy (non-hydrogen) atoms. The standard InChI is InChI=1S/C22H18F2IN3O5S/c1-13(14-5-8-16(9-6-14)28(30)31)12-26-22(29)17-10-7-15(25)11-20(17)27-34(32,33)21-18(23)3-2-4-19(21)24/h2-11,13,27H,12H2,1H3,(H,26,29). The van der Waals surface area contributed by atoms with Gasteiger partial charge in [0.25, 0.3) is 21.6 Å². The number of benzene rings is 3. The fourth-order valence-corrected chi connectivity index (χ4v) is 4.82. The van der Waals surface area contributed by atoms with Crippen molar-refractivity contribution in [2.75, 3.05) is 11.3 Å². The second-order valence-electron chi connectivity index (χ2n) is 7.31. The molecule has 0 radical (unpaired) electrons. The van der Waals surface area contributed by atoms with Gasteiger partial charge in [-0.05, 0) is 64.4 Å². The van der Waals surface area contributed by atoms with Gasteiger partial charge in [0.15, 0.2) is 4.90 Å². The third kappa shape index (κ3) is 5.86. The van der Waals surface area contributed by atoms with Gasteiger partial charge in [0.2, 0.25) is 0 Å². The van der Waals surface area contributed by atoms with Crippen LogP contribution >= 0.6 is 22.6 Å². The number of sulfonamides is 1. The van der Waals surface area contributed by atoms with E-state index in [0.717, 1.165) is 23.8 Å². The van der Waals surface area contributed by atoms with Gasteiger partial charge in [-0.25, -0.2) is 17.2 Å². The number of rotatable bonds is 8. The molecule has 0 saturated carbocycles. The summed E-state index contributed by atoms with van der Waals surface area (Å²) in [7, 11) is -4.67. The lowest BCUT2D eigenvalue weighted by Gasteiger charge is -2.16. The molecule has 178 valence electrons. The molecule has 0 spiro atoms. The lowest BCUT2D eigenvalue weighted by atomic mass is 10.0. The number of nitrogens with one attached hydrogen (secondary N) is 2. The molecule has 3 aromatic rings. The summed E-state index contributed by atoms with van der Waals surface area (Å²) in [4.78, 5) is 22.0. The van der Waals surface area contributed by atoms with Gasteiger partial charge in [-0.1, -0.05) is 25.1 Å². The van der Waals surface area contributed by atoms with Crippen LogP contribution in [0.1, 0.15) is 28.8 Å². The van der Waals surface area contributed by atoms with Crippen molar-refractivity contribution in [3.05, 3.63) is 97.1 Å².